The first-order chi connectivity index (χ1) is 14.6. The van der Waals surface area contributed by atoms with Crippen LogP contribution in [-0.4, -0.2) is 29.5 Å². The first kappa shape index (κ1) is 22.5. The van der Waals surface area contributed by atoms with E-state index in [4.69, 9.17) is 16.3 Å². The smallest absolute Gasteiger partial charge is 0.495 e. The zero-order valence-electron chi connectivity index (χ0n) is 16.9. The maximum atomic E-state index is 12.6. The number of anilines is 3. The van der Waals surface area contributed by atoms with Gasteiger partial charge in [0.2, 0.25) is 5.95 Å². The van der Waals surface area contributed by atoms with Crippen LogP contribution in [-0.2, 0) is 0 Å². The number of ether oxygens (including phenoxy) is 2. The second-order valence-electron chi connectivity index (χ2n) is 6.81. The van der Waals surface area contributed by atoms with Gasteiger partial charge in [-0.05, 0) is 44.2 Å². The molecule has 0 bridgehead atoms. The number of methoxy groups -OCH3 is 1. The van der Waals surface area contributed by atoms with Gasteiger partial charge in [0.25, 0.3) is 0 Å². The third kappa shape index (κ3) is 6.39. The van der Waals surface area contributed by atoms with E-state index < -0.39 is 6.36 Å². The van der Waals surface area contributed by atoms with E-state index in [0.717, 1.165) is 0 Å². The molecule has 3 aromatic rings. The molecule has 1 heterocycles. The molecule has 0 saturated carbocycles. The fourth-order valence-electron chi connectivity index (χ4n) is 2.75. The third-order valence-corrected chi connectivity index (χ3v) is 4.17. The molecular formula is C21H20ClF3N4O2. The molecule has 0 amide bonds. The molecule has 0 unspecified atom stereocenters. The molecule has 2 aromatic carbocycles. The summed E-state index contributed by atoms with van der Waals surface area (Å²) in [5.74, 6) is 0.908. The van der Waals surface area contributed by atoms with E-state index in [0.29, 0.717) is 39.5 Å². The lowest BCUT2D eigenvalue weighted by atomic mass is 10.1. The van der Waals surface area contributed by atoms with Gasteiger partial charge in [-0.25, -0.2) is 4.98 Å². The summed E-state index contributed by atoms with van der Waals surface area (Å²) < 4.78 is 47.2. The molecule has 1 aromatic heterocycles. The Balaban J connectivity index is 2.02. The molecule has 0 fully saturated rings. The summed E-state index contributed by atoms with van der Waals surface area (Å²) in [7, 11) is 1.53. The molecule has 0 saturated heterocycles. The maximum absolute atomic E-state index is 12.6. The van der Waals surface area contributed by atoms with Crippen LogP contribution in [0.5, 0.6) is 11.5 Å². The van der Waals surface area contributed by atoms with E-state index >= 15 is 0 Å². The minimum Gasteiger partial charge on any atom is -0.495 e. The van der Waals surface area contributed by atoms with Crippen molar-refractivity contribution in [2.24, 2.45) is 0 Å². The summed E-state index contributed by atoms with van der Waals surface area (Å²) in [4.78, 5) is 8.86. The molecule has 0 aliphatic heterocycles. The molecule has 0 radical (unpaired) electrons. The first-order valence-corrected chi connectivity index (χ1v) is 9.63. The highest BCUT2D eigenvalue weighted by Gasteiger charge is 2.31. The standard InChI is InChI=1S/C21H20ClF3N4O2/c1-12(2)26-20-28-16(13-5-4-6-15(9-13)31-21(23,24)25)11-19(29-20)27-17-10-14(22)7-8-18(17)30-3/h4-12H,1-3H3,(H2,26,27,28,29). The van der Waals surface area contributed by atoms with Crippen LogP contribution < -0.4 is 20.1 Å². The Morgan fingerprint density at radius 1 is 1.03 bits per heavy atom. The lowest BCUT2D eigenvalue weighted by molar-refractivity contribution is -0.274. The fourth-order valence-corrected chi connectivity index (χ4v) is 2.92. The topological polar surface area (TPSA) is 68.3 Å². The van der Waals surface area contributed by atoms with Crippen molar-refractivity contribution in [3.05, 3.63) is 53.6 Å². The van der Waals surface area contributed by atoms with Gasteiger partial charge in [0.1, 0.15) is 17.3 Å². The lowest BCUT2D eigenvalue weighted by Crippen LogP contribution is -2.17. The summed E-state index contributed by atoms with van der Waals surface area (Å²) >= 11 is 6.09. The number of hydrogen-bond donors (Lipinski definition) is 2. The van der Waals surface area contributed by atoms with Crippen molar-refractivity contribution in [3.63, 3.8) is 0 Å². The zero-order chi connectivity index (χ0) is 22.6. The van der Waals surface area contributed by atoms with E-state index in [2.05, 4.69) is 25.3 Å². The van der Waals surface area contributed by atoms with Gasteiger partial charge in [0.15, 0.2) is 0 Å². The minimum atomic E-state index is -4.79. The molecule has 0 aliphatic carbocycles. The van der Waals surface area contributed by atoms with Crippen molar-refractivity contribution < 1.29 is 22.6 Å². The maximum Gasteiger partial charge on any atom is 0.573 e. The summed E-state index contributed by atoms with van der Waals surface area (Å²) in [5, 5.41) is 6.73. The second kappa shape index (κ2) is 9.30. The average molecular weight is 453 g/mol. The van der Waals surface area contributed by atoms with Crippen LogP contribution in [0, 0.1) is 0 Å². The van der Waals surface area contributed by atoms with Crippen molar-refractivity contribution in [2.75, 3.05) is 17.7 Å². The molecule has 3 rings (SSSR count). The van der Waals surface area contributed by atoms with Crippen molar-refractivity contribution in [3.8, 4) is 22.8 Å². The van der Waals surface area contributed by atoms with E-state index in [9.17, 15) is 13.2 Å². The van der Waals surface area contributed by atoms with Crippen molar-refractivity contribution >= 4 is 29.1 Å². The second-order valence-corrected chi connectivity index (χ2v) is 7.24. The largest absolute Gasteiger partial charge is 0.573 e. The molecule has 164 valence electrons. The van der Waals surface area contributed by atoms with Gasteiger partial charge in [-0.15, -0.1) is 13.2 Å². The number of rotatable bonds is 7. The van der Waals surface area contributed by atoms with E-state index in [1.165, 1.54) is 25.3 Å². The summed E-state index contributed by atoms with van der Waals surface area (Å²) in [6.45, 7) is 3.84. The number of benzene rings is 2. The van der Waals surface area contributed by atoms with Crippen LogP contribution in [0.2, 0.25) is 5.02 Å². The molecule has 2 N–H and O–H groups in total. The third-order valence-electron chi connectivity index (χ3n) is 3.93. The number of hydrogen-bond acceptors (Lipinski definition) is 6. The van der Waals surface area contributed by atoms with E-state index in [1.54, 1.807) is 30.3 Å². The number of nitrogens with one attached hydrogen (secondary N) is 2. The highest BCUT2D eigenvalue weighted by molar-refractivity contribution is 6.31. The monoisotopic (exact) mass is 452 g/mol. The predicted octanol–water partition coefficient (Wildman–Crippen LogP) is 6.27. The fraction of sp³-hybridized carbons (Fsp3) is 0.238. The van der Waals surface area contributed by atoms with Crippen LogP contribution >= 0.6 is 11.6 Å². The molecule has 0 aliphatic rings. The first-order valence-electron chi connectivity index (χ1n) is 9.25. The van der Waals surface area contributed by atoms with Crippen LogP contribution in [0.3, 0.4) is 0 Å². The predicted molar refractivity (Wildman–Crippen MR) is 114 cm³/mol. The highest BCUT2D eigenvalue weighted by atomic mass is 35.5. The SMILES string of the molecule is COc1ccc(Cl)cc1Nc1cc(-c2cccc(OC(F)(F)F)c2)nc(NC(C)C)n1. The number of halogens is 4. The quantitative estimate of drug-likeness (QED) is 0.440. The molecule has 0 spiro atoms. The van der Waals surface area contributed by atoms with Gasteiger partial charge in [-0.3, -0.25) is 0 Å². The Kier molecular flexibility index (Phi) is 6.74. The molecule has 6 nitrogen and oxygen atoms in total. The van der Waals surface area contributed by atoms with Gasteiger partial charge in [0, 0.05) is 22.7 Å². The number of aromatic nitrogens is 2. The Morgan fingerprint density at radius 2 is 1.81 bits per heavy atom. The van der Waals surface area contributed by atoms with E-state index in [1.807, 2.05) is 13.8 Å². The van der Waals surface area contributed by atoms with Crippen LogP contribution in [0.15, 0.2) is 48.5 Å². The van der Waals surface area contributed by atoms with Crippen LogP contribution in [0.4, 0.5) is 30.6 Å². The van der Waals surface area contributed by atoms with Crippen LogP contribution in [0.1, 0.15) is 13.8 Å². The van der Waals surface area contributed by atoms with Gasteiger partial charge >= 0.3 is 6.36 Å². The van der Waals surface area contributed by atoms with Gasteiger partial charge < -0.3 is 20.1 Å². The molecular weight excluding hydrogens is 433 g/mol. The van der Waals surface area contributed by atoms with Gasteiger partial charge in [0.05, 0.1) is 18.5 Å². The Morgan fingerprint density at radius 3 is 2.48 bits per heavy atom. The van der Waals surface area contributed by atoms with Crippen molar-refractivity contribution in [1.29, 1.82) is 0 Å². The van der Waals surface area contributed by atoms with E-state index in [-0.39, 0.29) is 11.8 Å². The molecule has 31 heavy (non-hydrogen) atoms. The molecule has 10 heteroatoms. The van der Waals surface area contributed by atoms with Crippen LogP contribution in [0.25, 0.3) is 11.3 Å². The van der Waals surface area contributed by atoms with Crippen molar-refractivity contribution in [1.82, 2.24) is 9.97 Å². The normalized spacial score (nSPS) is 11.4. The molecule has 0 atom stereocenters. The number of nitrogens with zero attached hydrogens (tertiary/aromatic N) is 2. The summed E-state index contributed by atoms with van der Waals surface area (Å²) in [6, 6.07) is 12.3. The Bertz CT molecular complexity index is 1060. The lowest BCUT2D eigenvalue weighted by Gasteiger charge is -2.15. The Labute approximate surface area is 182 Å². The van der Waals surface area contributed by atoms with Gasteiger partial charge in [-0.2, -0.15) is 4.98 Å². The summed E-state index contributed by atoms with van der Waals surface area (Å²) in [6.07, 6.45) is -4.79. The summed E-state index contributed by atoms with van der Waals surface area (Å²) in [5.41, 5.74) is 1.40. The van der Waals surface area contributed by atoms with Gasteiger partial charge in [-0.1, -0.05) is 23.7 Å². The number of alkyl halides is 3. The minimum absolute atomic E-state index is 0.0312. The average Bonchev–Trinajstić information content (AvgIpc) is 2.66. The zero-order valence-corrected chi connectivity index (χ0v) is 17.7. The highest BCUT2D eigenvalue weighted by Crippen LogP contribution is 2.32. The van der Waals surface area contributed by atoms with Crippen molar-refractivity contribution in [2.45, 2.75) is 26.3 Å². The Hall–Kier alpha value is -3.20.